The van der Waals surface area contributed by atoms with E-state index < -0.39 is 6.10 Å². The van der Waals surface area contributed by atoms with Crippen molar-refractivity contribution in [3.8, 4) is 41.0 Å². The highest BCUT2D eigenvalue weighted by Gasteiger charge is 2.23. The van der Waals surface area contributed by atoms with Crippen LogP contribution in [-0.4, -0.2) is 73.0 Å². The van der Waals surface area contributed by atoms with Gasteiger partial charge in [-0.15, -0.1) is 6.42 Å². The Labute approximate surface area is 207 Å². The maximum absolute atomic E-state index is 10.5. The maximum atomic E-state index is 10.5. The molecule has 0 aliphatic rings. The molecule has 0 saturated carbocycles. The van der Waals surface area contributed by atoms with Gasteiger partial charge in [-0.3, -0.25) is 4.90 Å². The number of aromatic nitrogens is 2. The van der Waals surface area contributed by atoms with Crippen LogP contribution in [0.1, 0.15) is 5.56 Å². The van der Waals surface area contributed by atoms with Crippen molar-refractivity contribution in [2.24, 2.45) is 7.05 Å². The standard InChI is InChI=1S/C27H33N3O5/c1-5-16-34-20-22(31)18-30(15-17-32-3)19-25-26(21-9-7-6-8-10-21)28-29(2)27(25)35-24-13-11-23(33-4)12-14-24/h1,6-14,22,31H,15-20H2,2-4H3/t22-/m1/s1. The number of hydrogen-bond donors (Lipinski definition) is 1. The van der Waals surface area contributed by atoms with Crippen molar-refractivity contribution in [3.05, 3.63) is 60.2 Å². The summed E-state index contributed by atoms with van der Waals surface area (Å²) in [7, 11) is 5.14. The summed E-state index contributed by atoms with van der Waals surface area (Å²) < 4.78 is 23.9. The van der Waals surface area contributed by atoms with Crippen LogP contribution in [0.5, 0.6) is 17.4 Å². The molecule has 0 fully saturated rings. The number of aliphatic hydroxyl groups is 1. The van der Waals surface area contributed by atoms with Crippen LogP contribution in [0, 0.1) is 12.3 Å². The molecule has 35 heavy (non-hydrogen) atoms. The van der Waals surface area contributed by atoms with Crippen molar-refractivity contribution in [2.75, 3.05) is 47.1 Å². The molecule has 0 bridgehead atoms. The van der Waals surface area contributed by atoms with E-state index in [4.69, 9.17) is 30.5 Å². The van der Waals surface area contributed by atoms with E-state index in [2.05, 4.69) is 10.8 Å². The molecule has 1 heterocycles. The Kier molecular flexibility index (Phi) is 10.1. The van der Waals surface area contributed by atoms with E-state index in [1.807, 2.05) is 61.6 Å². The second-order valence-electron chi connectivity index (χ2n) is 8.00. The zero-order chi connectivity index (χ0) is 25.0. The van der Waals surface area contributed by atoms with Crippen molar-refractivity contribution >= 4 is 0 Å². The Bertz CT molecular complexity index is 1080. The van der Waals surface area contributed by atoms with E-state index in [1.54, 1.807) is 18.9 Å². The Morgan fingerprint density at radius 2 is 1.80 bits per heavy atom. The predicted molar refractivity (Wildman–Crippen MR) is 135 cm³/mol. The zero-order valence-corrected chi connectivity index (χ0v) is 20.5. The second-order valence-corrected chi connectivity index (χ2v) is 8.00. The maximum Gasteiger partial charge on any atom is 0.222 e. The summed E-state index contributed by atoms with van der Waals surface area (Å²) in [5.74, 6) is 4.45. The van der Waals surface area contributed by atoms with E-state index in [-0.39, 0.29) is 13.2 Å². The summed E-state index contributed by atoms with van der Waals surface area (Å²) in [6, 6.07) is 17.4. The molecule has 0 spiro atoms. The van der Waals surface area contributed by atoms with E-state index in [1.165, 1.54) is 0 Å². The average molecular weight is 480 g/mol. The minimum atomic E-state index is -0.706. The molecule has 0 saturated heterocycles. The molecule has 3 aromatic rings. The number of methoxy groups -OCH3 is 2. The highest BCUT2D eigenvalue weighted by atomic mass is 16.5. The van der Waals surface area contributed by atoms with E-state index >= 15 is 0 Å². The zero-order valence-electron chi connectivity index (χ0n) is 20.5. The van der Waals surface area contributed by atoms with Crippen molar-refractivity contribution in [1.82, 2.24) is 14.7 Å². The first kappa shape index (κ1) is 26.3. The number of benzene rings is 2. The number of nitrogens with zero attached hydrogens (tertiary/aromatic N) is 3. The van der Waals surface area contributed by atoms with Gasteiger partial charge in [0, 0.05) is 39.4 Å². The molecule has 0 aliphatic heterocycles. The minimum absolute atomic E-state index is 0.154. The number of terminal acetylenes is 1. The molecule has 0 amide bonds. The van der Waals surface area contributed by atoms with Crippen LogP contribution in [0.2, 0.25) is 0 Å². The summed E-state index contributed by atoms with van der Waals surface area (Å²) in [5.41, 5.74) is 2.70. The quantitative estimate of drug-likeness (QED) is 0.281. The SMILES string of the molecule is C#CCOC[C@H](O)CN(CCOC)Cc1c(-c2ccccc2)nn(C)c1Oc1ccc(OC)cc1. The van der Waals surface area contributed by atoms with Gasteiger partial charge in [-0.05, 0) is 24.3 Å². The molecule has 1 atom stereocenters. The van der Waals surface area contributed by atoms with Crippen molar-refractivity contribution < 1.29 is 24.1 Å². The molecule has 0 radical (unpaired) electrons. The first-order valence-corrected chi connectivity index (χ1v) is 11.4. The highest BCUT2D eigenvalue weighted by molar-refractivity contribution is 5.65. The summed E-state index contributed by atoms with van der Waals surface area (Å²) in [5, 5.41) is 15.3. The van der Waals surface area contributed by atoms with Crippen LogP contribution in [-0.2, 0) is 23.1 Å². The first-order valence-electron chi connectivity index (χ1n) is 11.4. The molecule has 1 N–H and O–H groups in total. The smallest absolute Gasteiger partial charge is 0.222 e. The van der Waals surface area contributed by atoms with E-state index in [9.17, 15) is 5.11 Å². The Hall–Kier alpha value is -3.35. The van der Waals surface area contributed by atoms with Gasteiger partial charge in [-0.1, -0.05) is 36.3 Å². The Morgan fingerprint density at radius 1 is 1.09 bits per heavy atom. The van der Waals surface area contributed by atoms with Crippen LogP contribution in [0.25, 0.3) is 11.3 Å². The summed E-state index contributed by atoms with van der Waals surface area (Å²) in [6.07, 6.45) is 4.53. The van der Waals surface area contributed by atoms with Gasteiger partial charge in [-0.25, -0.2) is 4.68 Å². The lowest BCUT2D eigenvalue weighted by Crippen LogP contribution is -2.36. The molecule has 8 nitrogen and oxygen atoms in total. The van der Waals surface area contributed by atoms with Gasteiger partial charge in [0.25, 0.3) is 0 Å². The molecular weight excluding hydrogens is 446 g/mol. The van der Waals surface area contributed by atoms with Crippen LogP contribution in [0.15, 0.2) is 54.6 Å². The van der Waals surface area contributed by atoms with E-state index in [0.29, 0.717) is 37.9 Å². The fourth-order valence-electron chi connectivity index (χ4n) is 3.69. The predicted octanol–water partition coefficient (Wildman–Crippen LogP) is 3.35. The lowest BCUT2D eigenvalue weighted by Gasteiger charge is -2.25. The molecule has 2 aromatic carbocycles. The Balaban J connectivity index is 1.92. The molecule has 3 rings (SSSR count). The first-order chi connectivity index (χ1) is 17.0. The fraction of sp³-hybridized carbons (Fsp3) is 0.370. The summed E-state index contributed by atoms with van der Waals surface area (Å²) >= 11 is 0. The van der Waals surface area contributed by atoms with Crippen LogP contribution in [0.3, 0.4) is 0 Å². The van der Waals surface area contributed by atoms with Gasteiger partial charge in [-0.2, -0.15) is 5.10 Å². The summed E-state index contributed by atoms with van der Waals surface area (Å²) in [4.78, 5) is 2.09. The molecule has 0 unspecified atom stereocenters. The third-order valence-electron chi connectivity index (χ3n) is 5.37. The highest BCUT2D eigenvalue weighted by Crippen LogP contribution is 2.34. The minimum Gasteiger partial charge on any atom is -0.497 e. The Morgan fingerprint density at radius 3 is 2.46 bits per heavy atom. The average Bonchev–Trinajstić information content (AvgIpc) is 3.18. The molecule has 1 aromatic heterocycles. The van der Waals surface area contributed by atoms with Gasteiger partial charge in [0.2, 0.25) is 5.88 Å². The fourth-order valence-corrected chi connectivity index (χ4v) is 3.69. The number of rotatable bonds is 14. The van der Waals surface area contributed by atoms with Gasteiger partial charge in [0.15, 0.2) is 0 Å². The largest absolute Gasteiger partial charge is 0.497 e. The normalized spacial score (nSPS) is 11.9. The third-order valence-corrected chi connectivity index (χ3v) is 5.37. The molecule has 0 aliphatic carbocycles. The van der Waals surface area contributed by atoms with Crippen LogP contribution >= 0.6 is 0 Å². The van der Waals surface area contributed by atoms with Gasteiger partial charge in [0.1, 0.15) is 23.8 Å². The number of aryl methyl sites for hydroxylation is 1. The van der Waals surface area contributed by atoms with Crippen LogP contribution in [0.4, 0.5) is 0 Å². The second kappa shape index (κ2) is 13.5. The monoisotopic (exact) mass is 479 g/mol. The van der Waals surface area contributed by atoms with Crippen molar-refractivity contribution in [3.63, 3.8) is 0 Å². The topological polar surface area (TPSA) is 78.2 Å². The van der Waals surface area contributed by atoms with Gasteiger partial charge < -0.3 is 24.1 Å². The number of aliphatic hydroxyl groups excluding tert-OH is 1. The van der Waals surface area contributed by atoms with Crippen molar-refractivity contribution in [1.29, 1.82) is 0 Å². The summed E-state index contributed by atoms with van der Waals surface area (Å²) in [6.45, 7) is 2.29. The molecule has 186 valence electrons. The lowest BCUT2D eigenvalue weighted by molar-refractivity contribution is 0.0206. The van der Waals surface area contributed by atoms with Crippen LogP contribution < -0.4 is 9.47 Å². The third kappa shape index (κ3) is 7.57. The lowest BCUT2D eigenvalue weighted by atomic mass is 10.1. The molecule has 8 heteroatoms. The number of ether oxygens (including phenoxy) is 4. The molecular formula is C27H33N3O5. The number of hydrogen-bond acceptors (Lipinski definition) is 7. The van der Waals surface area contributed by atoms with Gasteiger partial charge in [0.05, 0.1) is 32.0 Å². The van der Waals surface area contributed by atoms with E-state index in [0.717, 1.165) is 22.6 Å². The van der Waals surface area contributed by atoms with Gasteiger partial charge >= 0.3 is 0 Å². The van der Waals surface area contributed by atoms with Crippen molar-refractivity contribution in [2.45, 2.75) is 12.6 Å².